The Labute approximate surface area is 175 Å². The van der Waals surface area contributed by atoms with Crippen molar-refractivity contribution in [3.05, 3.63) is 77.9 Å². The van der Waals surface area contributed by atoms with E-state index in [2.05, 4.69) is 60.0 Å². The van der Waals surface area contributed by atoms with Gasteiger partial charge in [0, 0.05) is 23.8 Å². The lowest BCUT2D eigenvalue weighted by molar-refractivity contribution is -0.137. The van der Waals surface area contributed by atoms with Crippen LogP contribution in [0.4, 0.5) is 18.9 Å². The van der Waals surface area contributed by atoms with Gasteiger partial charge in [-0.1, -0.05) is 48.5 Å². The van der Waals surface area contributed by atoms with Crippen LogP contribution in [0.5, 0.6) is 0 Å². The first-order chi connectivity index (χ1) is 14.4. The van der Waals surface area contributed by atoms with Crippen LogP contribution in [0.3, 0.4) is 0 Å². The van der Waals surface area contributed by atoms with Gasteiger partial charge in [-0.3, -0.25) is 0 Å². The summed E-state index contributed by atoms with van der Waals surface area (Å²) < 4.78 is 39.0. The Balaban J connectivity index is 1.42. The molecular weight excluding hydrogens is 385 g/mol. The molecule has 0 amide bonds. The van der Waals surface area contributed by atoms with E-state index in [0.717, 1.165) is 31.7 Å². The molecule has 0 saturated heterocycles. The van der Waals surface area contributed by atoms with E-state index in [9.17, 15) is 13.2 Å². The summed E-state index contributed by atoms with van der Waals surface area (Å²) >= 11 is 0. The topological polar surface area (TPSA) is 24.1 Å². The Hall–Kier alpha value is -2.53. The van der Waals surface area contributed by atoms with Crippen LogP contribution in [-0.4, -0.2) is 12.1 Å². The molecule has 5 heteroatoms. The van der Waals surface area contributed by atoms with Gasteiger partial charge >= 0.3 is 6.18 Å². The fraction of sp³-hybridized carbons (Fsp3) is 0.360. The average molecular weight is 412 g/mol. The maximum absolute atomic E-state index is 13.0. The third-order valence-corrected chi connectivity index (χ3v) is 6.01. The molecule has 1 fully saturated rings. The highest BCUT2D eigenvalue weighted by molar-refractivity contribution is 5.86. The van der Waals surface area contributed by atoms with Crippen LogP contribution in [-0.2, 0) is 6.18 Å². The van der Waals surface area contributed by atoms with Crippen LogP contribution in [0, 0.1) is 0 Å². The number of halogens is 3. The largest absolute Gasteiger partial charge is 0.416 e. The second-order valence-corrected chi connectivity index (χ2v) is 8.24. The monoisotopic (exact) mass is 412 g/mol. The zero-order valence-electron chi connectivity index (χ0n) is 17.0. The number of anilines is 1. The molecule has 3 atom stereocenters. The van der Waals surface area contributed by atoms with Gasteiger partial charge in [-0.05, 0) is 67.1 Å². The van der Waals surface area contributed by atoms with E-state index in [-0.39, 0.29) is 12.1 Å². The highest BCUT2D eigenvalue weighted by Crippen LogP contribution is 2.32. The molecule has 158 valence electrons. The van der Waals surface area contributed by atoms with Gasteiger partial charge in [0.15, 0.2) is 0 Å². The summed E-state index contributed by atoms with van der Waals surface area (Å²) in [7, 11) is 0. The second kappa shape index (κ2) is 8.68. The van der Waals surface area contributed by atoms with Gasteiger partial charge in [0.05, 0.1) is 5.56 Å². The summed E-state index contributed by atoms with van der Waals surface area (Å²) in [5.41, 5.74) is 1.21. The number of rotatable bonds is 5. The van der Waals surface area contributed by atoms with Crippen LogP contribution in [0.15, 0.2) is 66.7 Å². The van der Waals surface area contributed by atoms with E-state index in [0.29, 0.717) is 11.7 Å². The minimum absolute atomic E-state index is 0.166. The number of nitrogens with one attached hydrogen (secondary N) is 2. The maximum atomic E-state index is 13.0. The lowest BCUT2D eigenvalue weighted by Crippen LogP contribution is -2.40. The maximum Gasteiger partial charge on any atom is 0.416 e. The van der Waals surface area contributed by atoms with Gasteiger partial charge in [-0.2, -0.15) is 13.2 Å². The first kappa shape index (κ1) is 20.7. The summed E-state index contributed by atoms with van der Waals surface area (Å²) in [4.78, 5) is 0. The second-order valence-electron chi connectivity index (χ2n) is 8.24. The molecule has 3 unspecified atom stereocenters. The molecule has 2 N–H and O–H groups in total. The predicted octanol–water partition coefficient (Wildman–Crippen LogP) is 6.93. The highest BCUT2D eigenvalue weighted by atomic mass is 19.4. The third kappa shape index (κ3) is 4.78. The molecule has 4 rings (SSSR count). The van der Waals surface area contributed by atoms with Crippen molar-refractivity contribution in [2.24, 2.45) is 0 Å². The zero-order valence-corrected chi connectivity index (χ0v) is 17.0. The molecule has 0 spiro atoms. The van der Waals surface area contributed by atoms with Crippen LogP contribution in [0.1, 0.15) is 49.8 Å². The van der Waals surface area contributed by atoms with Crippen molar-refractivity contribution in [3.8, 4) is 0 Å². The van der Waals surface area contributed by atoms with E-state index in [1.54, 1.807) is 6.07 Å². The molecule has 0 aliphatic heterocycles. The van der Waals surface area contributed by atoms with E-state index in [1.165, 1.54) is 28.5 Å². The first-order valence-electron chi connectivity index (χ1n) is 10.6. The number of alkyl halides is 3. The quantitative estimate of drug-likeness (QED) is 0.475. The molecule has 0 radical (unpaired) electrons. The van der Waals surface area contributed by atoms with Crippen LogP contribution < -0.4 is 10.6 Å². The van der Waals surface area contributed by atoms with Crippen LogP contribution in [0.25, 0.3) is 10.8 Å². The van der Waals surface area contributed by atoms with Gasteiger partial charge in [-0.25, -0.2) is 0 Å². The van der Waals surface area contributed by atoms with Crippen molar-refractivity contribution >= 4 is 16.5 Å². The summed E-state index contributed by atoms with van der Waals surface area (Å²) in [6, 6.07) is 21.0. The number of hydrogen-bond donors (Lipinski definition) is 2. The molecule has 30 heavy (non-hydrogen) atoms. The predicted molar refractivity (Wildman–Crippen MR) is 117 cm³/mol. The van der Waals surface area contributed by atoms with E-state index >= 15 is 0 Å². The van der Waals surface area contributed by atoms with Crippen molar-refractivity contribution in [2.75, 3.05) is 5.32 Å². The summed E-state index contributed by atoms with van der Waals surface area (Å²) in [6.07, 6.45) is -0.322. The molecule has 3 aromatic rings. The average Bonchev–Trinajstić information content (AvgIpc) is 2.73. The van der Waals surface area contributed by atoms with E-state index in [1.807, 2.05) is 0 Å². The lowest BCUT2D eigenvalue weighted by Gasteiger charge is -2.33. The number of benzene rings is 3. The van der Waals surface area contributed by atoms with Crippen LogP contribution in [0.2, 0.25) is 0 Å². The fourth-order valence-electron chi connectivity index (χ4n) is 4.56. The number of hydrogen-bond acceptors (Lipinski definition) is 2. The van der Waals surface area contributed by atoms with E-state index < -0.39 is 11.7 Å². The third-order valence-electron chi connectivity index (χ3n) is 6.01. The Morgan fingerprint density at radius 1 is 0.900 bits per heavy atom. The smallest absolute Gasteiger partial charge is 0.382 e. The molecule has 1 aliphatic rings. The summed E-state index contributed by atoms with van der Waals surface area (Å²) in [5, 5.41) is 9.58. The minimum atomic E-state index is -4.32. The summed E-state index contributed by atoms with van der Waals surface area (Å²) in [6.45, 7) is 2.19. The molecular formula is C25H27F3N2. The molecule has 0 aromatic heterocycles. The Morgan fingerprint density at radius 2 is 1.63 bits per heavy atom. The standard InChI is InChI=1S/C25H27F3N2/c1-17(23-14-4-8-18-7-2-3-13-24(18)23)29-21-11-6-12-22(16-21)30-20-10-5-9-19(15-20)25(26,27)28/h2-5,7-10,13-15,17,21-22,29-30H,6,11-12,16H2,1H3. The molecule has 1 saturated carbocycles. The van der Waals surface area contributed by atoms with Crippen LogP contribution >= 0.6 is 0 Å². The molecule has 0 heterocycles. The van der Waals surface area contributed by atoms with Gasteiger partial charge in [-0.15, -0.1) is 0 Å². The van der Waals surface area contributed by atoms with Crippen molar-refractivity contribution in [1.82, 2.24) is 5.32 Å². The van der Waals surface area contributed by atoms with Crippen molar-refractivity contribution < 1.29 is 13.2 Å². The molecule has 0 bridgehead atoms. The Kier molecular flexibility index (Phi) is 6.00. The summed E-state index contributed by atoms with van der Waals surface area (Å²) in [5.74, 6) is 0. The first-order valence-corrected chi connectivity index (χ1v) is 10.6. The molecule has 2 nitrogen and oxygen atoms in total. The highest BCUT2D eigenvalue weighted by Gasteiger charge is 2.31. The zero-order chi connectivity index (χ0) is 21.1. The Morgan fingerprint density at radius 3 is 2.47 bits per heavy atom. The van der Waals surface area contributed by atoms with Gasteiger partial charge in [0.2, 0.25) is 0 Å². The SMILES string of the molecule is CC(NC1CCCC(Nc2cccc(C(F)(F)F)c2)C1)c1cccc2ccccc12. The molecule has 3 aromatic carbocycles. The molecule has 1 aliphatic carbocycles. The number of fused-ring (bicyclic) bond motifs is 1. The van der Waals surface area contributed by atoms with Gasteiger partial charge in [0.25, 0.3) is 0 Å². The van der Waals surface area contributed by atoms with Crippen molar-refractivity contribution in [2.45, 2.75) is 56.9 Å². The normalized spacial score (nSPS) is 20.8. The Bertz CT molecular complexity index is 994. The lowest BCUT2D eigenvalue weighted by atomic mass is 9.89. The van der Waals surface area contributed by atoms with E-state index in [4.69, 9.17) is 0 Å². The fourth-order valence-corrected chi connectivity index (χ4v) is 4.56. The van der Waals surface area contributed by atoms with Gasteiger partial charge < -0.3 is 10.6 Å². The van der Waals surface area contributed by atoms with Crippen molar-refractivity contribution in [3.63, 3.8) is 0 Å². The van der Waals surface area contributed by atoms with Crippen molar-refractivity contribution in [1.29, 1.82) is 0 Å². The van der Waals surface area contributed by atoms with Gasteiger partial charge in [0.1, 0.15) is 0 Å². The minimum Gasteiger partial charge on any atom is -0.382 e.